The molecule has 1 heterocycles. The number of piperidine rings is 1. The lowest BCUT2D eigenvalue weighted by atomic mass is 9.98. The zero-order valence-corrected chi connectivity index (χ0v) is 12.0. The van der Waals surface area contributed by atoms with Gasteiger partial charge < -0.3 is 21.1 Å². The average Bonchev–Trinajstić information content (AvgIpc) is 2.33. The number of urea groups is 1. The number of carboxylic acids is 1. The first kappa shape index (κ1) is 16.3. The average molecular weight is 285 g/mol. The van der Waals surface area contributed by atoms with Gasteiger partial charge in [0.1, 0.15) is 6.04 Å². The van der Waals surface area contributed by atoms with Crippen LogP contribution in [0.15, 0.2) is 0 Å². The first-order chi connectivity index (χ1) is 9.32. The summed E-state index contributed by atoms with van der Waals surface area (Å²) in [5.41, 5.74) is 5.00. The smallest absolute Gasteiger partial charge is 0.326 e. The molecule has 0 aromatic heterocycles. The van der Waals surface area contributed by atoms with E-state index >= 15 is 0 Å². The van der Waals surface area contributed by atoms with Crippen molar-refractivity contribution >= 4 is 17.9 Å². The fourth-order valence-corrected chi connectivity index (χ4v) is 2.59. The van der Waals surface area contributed by atoms with Gasteiger partial charge in [0.25, 0.3) is 0 Å². The molecule has 2 unspecified atom stereocenters. The van der Waals surface area contributed by atoms with E-state index in [0.29, 0.717) is 0 Å². The van der Waals surface area contributed by atoms with E-state index in [9.17, 15) is 14.4 Å². The largest absolute Gasteiger partial charge is 0.480 e. The minimum absolute atomic E-state index is 0.00695. The van der Waals surface area contributed by atoms with Crippen molar-refractivity contribution in [3.05, 3.63) is 0 Å². The highest BCUT2D eigenvalue weighted by molar-refractivity contribution is 5.83. The Bertz CT molecular complexity index is 376. The van der Waals surface area contributed by atoms with Gasteiger partial charge in [0.05, 0.1) is 0 Å². The summed E-state index contributed by atoms with van der Waals surface area (Å²) in [6.07, 6.45) is 2.83. The van der Waals surface area contributed by atoms with Crippen LogP contribution in [0, 0.1) is 0 Å². The van der Waals surface area contributed by atoms with Gasteiger partial charge in [-0.05, 0) is 39.5 Å². The standard InChI is InChI=1S/C13H23N3O4/c1-8-4-3-5-9(2)16(8)13(20)15-10(12(18)19)6-7-11(14)17/h8-10H,3-7H2,1-2H3,(H2,14,17)(H,15,20)(H,18,19)/t8?,9?,10-/m1/s1. The van der Waals surface area contributed by atoms with Crippen LogP contribution in [0.4, 0.5) is 4.79 Å². The molecule has 7 nitrogen and oxygen atoms in total. The highest BCUT2D eigenvalue weighted by atomic mass is 16.4. The fraction of sp³-hybridized carbons (Fsp3) is 0.769. The Kier molecular flexibility index (Phi) is 5.79. The number of nitrogens with zero attached hydrogens (tertiary/aromatic N) is 1. The Balaban J connectivity index is 2.64. The lowest BCUT2D eigenvalue weighted by molar-refractivity contribution is -0.139. The molecule has 114 valence electrons. The number of hydrogen-bond acceptors (Lipinski definition) is 3. The number of hydrogen-bond donors (Lipinski definition) is 3. The number of carboxylic acid groups (broad SMARTS) is 1. The Morgan fingerprint density at radius 2 is 1.85 bits per heavy atom. The van der Waals surface area contributed by atoms with Crippen LogP contribution in [0.3, 0.4) is 0 Å². The third-order valence-corrected chi connectivity index (χ3v) is 3.70. The molecule has 0 bridgehead atoms. The first-order valence-corrected chi connectivity index (χ1v) is 6.93. The quantitative estimate of drug-likeness (QED) is 0.689. The van der Waals surface area contributed by atoms with Crippen LogP contribution in [0.2, 0.25) is 0 Å². The molecule has 1 saturated heterocycles. The van der Waals surface area contributed by atoms with Crippen LogP contribution in [-0.2, 0) is 9.59 Å². The highest BCUT2D eigenvalue weighted by Crippen LogP contribution is 2.22. The van der Waals surface area contributed by atoms with Crippen molar-refractivity contribution in [2.45, 2.75) is 64.1 Å². The number of amides is 3. The molecule has 0 radical (unpaired) electrons. The molecule has 1 aliphatic heterocycles. The SMILES string of the molecule is CC1CCCC(C)N1C(=O)N[C@H](CCC(N)=O)C(=O)O. The van der Waals surface area contributed by atoms with Crippen LogP contribution in [0.1, 0.15) is 46.0 Å². The van der Waals surface area contributed by atoms with E-state index < -0.39 is 17.9 Å². The van der Waals surface area contributed by atoms with E-state index in [0.717, 1.165) is 19.3 Å². The number of nitrogens with two attached hydrogens (primary N) is 1. The Morgan fingerprint density at radius 3 is 2.30 bits per heavy atom. The van der Waals surface area contributed by atoms with Gasteiger partial charge in [-0.1, -0.05) is 0 Å². The second kappa shape index (κ2) is 7.12. The zero-order valence-electron chi connectivity index (χ0n) is 12.0. The summed E-state index contributed by atoms with van der Waals surface area (Å²) < 4.78 is 0. The van der Waals surface area contributed by atoms with Gasteiger partial charge in [0, 0.05) is 18.5 Å². The summed E-state index contributed by atoms with van der Waals surface area (Å²) in [7, 11) is 0. The van der Waals surface area contributed by atoms with Gasteiger partial charge in [0.2, 0.25) is 5.91 Å². The minimum atomic E-state index is -1.16. The predicted molar refractivity (Wildman–Crippen MR) is 73.0 cm³/mol. The normalized spacial score (nSPS) is 24.0. The molecular formula is C13H23N3O4. The summed E-state index contributed by atoms with van der Waals surface area (Å²) >= 11 is 0. The van der Waals surface area contributed by atoms with Crippen molar-refractivity contribution < 1.29 is 19.5 Å². The second-order valence-corrected chi connectivity index (χ2v) is 5.38. The Hall–Kier alpha value is -1.79. The molecule has 0 aromatic rings. The van der Waals surface area contributed by atoms with Gasteiger partial charge in [-0.2, -0.15) is 0 Å². The number of carbonyl (C=O) groups excluding carboxylic acids is 2. The number of nitrogens with one attached hydrogen (secondary N) is 1. The fourth-order valence-electron chi connectivity index (χ4n) is 2.59. The van der Waals surface area contributed by atoms with Crippen molar-refractivity contribution in [3.8, 4) is 0 Å². The molecule has 0 saturated carbocycles. The van der Waals surface area contributed by atoms with Crippen molar-refractivity contribution in [1.29, 1.82) is 0 Å². The maximum absolute atomic E-state index is 12.2. The van der Waals surface area contributed by atoms with E-state index in [1.165, 1.54) is 0 Å². The molecule has 4 N–H and O–H groups in total. The molecule has 3 atom stereocenters. The molecule has 0 aromatic carbocycles. The number of rotatable bonds is 5. The number of likely N-dealkylation sites (tertiary alicyclic amines) is 1. The summed E-state index contributed by atoms with van der Waals surface area (Å²) in [6.45, 7) is 3.91. The van der Waals surface area contributed by atoms with Crippen molar-refractivity contribution in [1.82, 2.24) is 10.2 Å². The van der Waals surface area contributed by atoms with Crippen LogP contribution < -0.4 is 11.1 Å². The molecule has 1 fully saturated rings. The minimum Gasteiger partial charge on any atom is -0.480 e. The third kappa shape index (κ3) is 4.40. The molecular weight excluding hydrogens is 262 g/mol. The van der Waals surface area contributed by atoms with Crippen LogP contribution in [0.5, 0.6) is 0 Å². The van der Waals surface area contributed by atoms with Gasteiger partial charge >= 0.3 is 12.0 Å². The van der Waals surface area contributed by atoms with Crippen LogP contribution in [0.25, 0.3) is 0 Å². The van der Waals surface area contributed by atoms with Crippen molar-refractivity contribution in [2.75, 3.05) is 0 Å². The second-order valence-electron chi connectivity index (χ2n) is 5.38. The Labute approximate surface area is 118 Å². The third-order valence-electron chi connectivity index (χ3n) is 3.70. The first-order valence-electron chi connectivity index (χ1n) is 6.93. The molecule has 1 aliphatic rings. The van der Waals surface area contributed by atoms with Gasteiger partial charge in [0.15, 0.2) is 0 Å². The lowest BCUT2D eigenvalue weighted by Gasteiger charge is -2.39. The summed E-state index contributed by atoms with van der Waals surface area (Å²) in [6, 6.07) is -1.30. The maximum atomic E-state index is 12.2. The van der Waals surface area contributed by atoms with Gasteiger partial charge in [-0.3, -0.25) is 4.79 Å². The van der Waals surface area contributed by atoms with Gasteiger partial charge in [-0.25, -0.2) is 9.59 Å². The summed E-state index contributed by atoms with van der Waals surface area (Å²) in [5, 5.41) is 11.6. The monoisotopic (exact) mass is 285 g/mol. The van der Waals surface area contributed by atoms with E-state index in [1.54, 1.807) is 4.90 Å². The topological polar surface area (TPSA) is 113 Å². The maximum Gasteiger partial charge on any atom is 0.326 e. The van der Waals surface area contributed by atoms with E-state index in [2.05, 4.69) is 5.32 Å². The van der Waals surface area contributed by atoms with Crippen molar-refractivity contribution in [3.63, 3.8) is 0 Å². The molecule has 7 heteroatoms. The molecule has 3 amide bonds. The predicted octanol–water partition coefficient (Wildman–Crippen LogP) is 0.678. The number of carbonyl (C=O) groups is 3. The molecule has 1 rings (SSSR count). The Morgan fingerprint density at radius 1 is 1.30 bits per heavy atom. The van der Waals surface area contributed by atoms with Gasteiger partial charge in [-0.15, -0.1) is 0 Å². The summed E-state index contributed by atoms with van der Waals surface area (Å²) in [4.78, 5) is 35.7. The number of primary amides is 1. The van der Waals surface area contributed by atoms with E-state index in [-0.39, 0.29) is 31.0 Å². The molecule has 0 aliphatic carbocycles. The van der Waals surface area contributed by atoms with E-state index in [1.807, 2.05) is 13.8 Å². The summed E-state index contributed by atoms with van der Waals surface area (Å²) in [5.74, 6) is -1.73. The van der Waals surface area contributed by atoms with Crippen LogP contribution in [-0.4, -0.2) is 46.0 Å². The zero-order chi connectivity index (χ0) is 15.3. The molecule has 20 heavy (non-hydrogen) atoms. The highest BCUT2D eigenvalue weighted by Gasteiger charge is 2.31. The van der Waals surface area contributed by atoms with Crippen LogP contribution >= 0.6 is 0 Å². The lowest BCUT2D eigenvalue weighted by Crippen LogP contribution is -2.55. The number of aliphatic carboxylic acids is 1. The van der Waals surface area contributed by atoms with E-state index in [4.69, 9.17) is 10.8 Å². The van der Waals surface area contributed by atoms with Crippen molar-refractivity contribution in [2.24, 2.45) is 5.73 Å². The molecule has 0 spiro atoms.